The highest BCUT2D eigenvalue weighted by Crippen LogP contribution is 2.27. The van der Waals surface area contributed by atoms with Crippen molar-refractivity contribution in [2.75, 3.05) is 5.73 Å². The highest BCUT2D eigenvalue weighted by molar-refractivity contribution is 5.72. The summed E-state index contributed by atoms with van der Waals surface area (Å²) >= 11 is 0. The number of benzene rings is 2. The summed E-state index contributed by atoms with van der Waals surface area (Å²) in [5.41, 5.74) is 8.75. The second-order valence-corrected chi connectivity index (χ2v) is 4.52. The molecule has 0 bridgehead atoms. The van der Waals surface area contributed by atoms with Gasteiger partial charge in [-0.3, -0.25) is 0 Å². The molecule has 0 spiro atoms. The van der Waals surface area contributed by atoms with Gasteiger partial charge in [-0.1, -0.05) is 28.9 Å². The summed E-state index contributed by atoms with van der Waals surface area (Å²) in [5, 5.41) is 3.87. The van der Waals surface area contributed by atoms with Crippen LogP contribution in [-0.2, 0) is 0 Å². The van der Waals surface area contributed by atoms with Crippen LogP contribution in [0.4, 0.5) is 10.1 Å². The number of nitrogens with zero attached hydrogens (tertiary/aromatic N) is 2. The number of nitrogen functional groups attached to an aromatic ring is 1. The third-order valence-electron chi connectivity index (χ3n) is 2.95. The van der Waals surface area contributed by atoms with Gasteiger partial charge in [-0.15, -0.1) is 0 Å². The van der Waals surface area contributed by atoms with Crippen molar-refractivity contribution in [1.29, 1.82) is 0 Å². The Labute approximate surface area is 115 Å². The molecule has 4 nitrogen and oxygen atoms in total. The number of hydrogen-bond donors (Lipinski definition) is 1. The van der Waals surface area contributed by atoms with E-state index in [4.69, 9.17) is 10.3 Å². The van der Waals surface area contributed by atoms with Crippen molar-refractivity contribution in [2.24, 2.45) is 0 Å². The minimum atomic E-state index is -0.344. The standard InChI is InChI=1S/C15H12FN3O/c1-9-5-6-13(17)12(7-9)15-18-14(19-20-15)10-3-2-4-11(16)8-10/h2-8H,17H2,1H3. The molecule has 5 heteroatoms. The lowest BCUT2D eigenvalue weighted by Crippen LogP contribution is -1.91. The van der Waals surface area contributed by atoms with Gasteiger partial charge in [-0.05, 0) is 31.2 Å². The maximum Gasteiger partial charge on any atom is 0.260 e. The smallest absolute Gasteiger partial charge is 0.260 e. The topological polar surface area (TPSA) is 64.9 Å². The van der Waals surface area contributed by atoms with Gasteiger partial charge in [0.05, 0.1) is 5.56 Å². The van der Waals surface area contributed by atoms with Crippen LogP contribution in [0.3, 0.4) is 0 Å². The number of aromatic nitrogens is 2. The van der Waals surface area contributed by atoms with E-state index in [2.05, 4.69) is 10.1 Å². The molecule has 100 valence electrons. The monoisotopic (exact) mass is 269 g/mol. The van der Waals surface area contributed by atoms with Gasteiger partial charge in [0, 0.05) is 11.3 Å². The van der Waals surface area contributed by atoms with Crippen LogP contribution in [0.2, 0.25) is 0 Å². The highest BCUT2D eigenvalue weighted by atomic mass is 19.1. The zero-order valence-corrected chi connectivity index (χ0v) is 10.8. The number of rotatable bonds is 2. The molecule has 20 heavy (non-hydrogen) atoms. The molecule has 0 saturated heterocycles. The predicted octanol–water partition coefficient (Wildman–Crippen LogP) is 3.43. The van der Waals surface area contributed by atoms with Crippen molar-refractivity contribution in [3.05, 3.63) is 53.8 Å². The molecular formula is C15H12FN3O. The molecule has 3 aromatic rings. The molecule has 1 aromatic heterocycles. The first-order valence-electron chi connectivity index (χ1n) is 6.09. The van der Waals surface area contributed by atoms with Crippen molar-refractivity contribution in [1.82, 2.24) is 10.1 Å². The van der Waals surface area contributed by atoms with Gasteiger partial charge in [0.15, 0.2) is 0 Å². The molecule has 2 aromatic carbocycles. The molecule has 0 aliphatic carbocycles. The first-order chi connectivity index (χ1) is 9.63. The Kier molecular flexibility index (Phi) is 2.95. The van der Waals surface area contributed by atoms with Crippen LogP contribution >= 0.6 is 0 Å². The van der Waals surface area contributed by atoms with Crippen LogP contribution in [0, 0.1) is 12.7 Å². The van der Waals surface area contributed by atoms with Gasteiger partial charge in [-0.25, -0.2) is 4.39 Å². The van der Waals surface area contributed by atoms with Crippen LogP contribution in [0.5, 0.6) is 0 Å². The maximum absolute atomic E-state index is 13.2. The molecule has 0 atom stereocenters. The fraction of sp³-hybridized carbons (Fsp3) is 0.0667. The Bertz CT molecular complexity index is 767. The average molecular weight is 269 g/mol. The van der Waals surface area contributed by atoms with E-state index >= 15 is 0 Å². The van der Waals surface area contributed by atoms with Gasteiger partial charge in [0.25, 0.3) is 5.89 Å². The highest BCUT2D eigenvalue weighted by Gasteiger charge is 2.13. The first kappa shape index (κ1) is 12.3. The zero-order valence-electron chi connectivity index (χ0n) is 10.8. The summed E-state index contributed by atoms with van der Waals surface area (Å²) in [6, 6.07) is 11.6. The van der Waals surface area contributed by atoms with Gasteiger partial charge in [-0.2, -0.15) is 4.98 Å². The van der Waals surface area contributed by atoms with E-state index < -0.39 is 0 Å². The van der Waals surface area contributed by atoms with Crippen molar-refractivity contribution >= 4 is 5.69 Å². The Balaban J connectivity index is 2.04. The number of hydrogen-bond acceptors (Lipinski definition) is 4. The fourth-order valence-electron chi connectivity index (χ4n) is 1.93. The third-order valence-corrected chi connectivity index (χ3v) is 2.95. The van der Waals surface area contributed by atoms with Crippen molar-refractivity contribution in [3.63, 3.8) is 0 Å². The first-order valence-corrected chi connectivity index (χ1v) is 6.09. The summed E-state index contributed by atoms with van der Waals surface area (Å²) in [4.78, 5) is 4.27. The van der Waals surface area contributed by atoms with Crippen LogP contribution in [0.1, 0.15) is 5.56 Å². The van der Waals surface area contributed by atoms with E-state index in [0.29, 0.717) is 28.5 Å². The molecule has 0 fully saturated rings. The molecule has 0 saturated carbocycles. The van der Waals surface area contributed by atoms with E-state index in [-0.39, 0.29) is 5.82 Å². The van der Waals surface area contributed by atoms with Crippen molar-refractivity contribution < 1.29 is 8.91 Å². The fourth-order valence-corrected chi connectivity index (χ4v) is 1.93. The van der Waals surface area contributed by atoms with E-state index in [0.717, 1.165) is 5.56 Å². The molecule has 2 N–H and O–H groups in total. The lowest BCUT2D eigenvalue weighted by atomic mass is 10.1. The average Bonchev–Trinajstić information content (AvgIpc) is 2.91. The maximum atomic E-state index is 13.2. The Hall–Kier alpha value is -2.69. The van der Waals surface area contributed by atoms with E-state index in [1.54, 1.807) is 18.2 Å². The SMILES string of the molecule is Cc1ccc(N)c(-c2nc(-c3cccc(F)c3)no2)c1. The lowest BCUT2D eigenvalue weighted by Gasteiger charge is -2.01. The number of anilines is 1. The van der Waals surface area contributed by atoms with Gasteiger partial charge in [0.1, 0.15) is 5.82 Å². The minimum absolute atomic E-state index is 0.325. The van der Waals surface area contributed by atoms with Crippen LogP contribution in [0.25, 0.3) is 22.8 Å². The van der Waals surface area contributed by atoms with Crippen molar-refractivity contribution in [2.45, 2.75) is 6.92 Å². The zero-order chi connectivity index (χ0) is 14.1. The number of aryl methyl sites for hydroxylation is 1. The molecule has 0 radical (unpaired) electrons. The minimum Gasteiger partial charge on any atom is -0.398 e. The van der Waals surface area contributed by atoms with Crippen LogP contribution in [-0.4, -0.2) is 10.1 Å². The van der Waals surface area contributed by atoms with E-state index in [1.807, 2.05) is 19.1 Å². The third kappa shape index (κ3) is 2.25. The molecule has 0 unspecified atom stereocenters. The molecule has 0 amide bonds. The number of halogens is 1. The van der Waals surface area contributed by atoms with Crippen molar-refractivity contribution in [3.8, 4) is 22.8 Å². The second kappa shape index (κ2) is 4.77. The Morgan fingerprint density at radius 2 is 2.00 bits per heavy atom. The van der Waals surface area contributed by atoms with Gasteiger partial charge < -0.3 is 10.3 Å². The molecule has 0 aliphatic heterocycles. The summed E-state index contributed by atoms with van der Waals surface area (Å²) < 4.78 is 18.4. The quantitative estimate of drug-likeness (QED) is 0.724. The van der Waals surface area contributed by atoms with Crippen LogP contribution < -0.4 is 5.73 Å². The predicted molar refractivity (Wildman–Crippen MR) is 74.3 cm³/mol. The van der Waals surface area contributed by atoms with Gasteiger partial charge in [0.2, 0.25) is 5.82 Å². The number of nitrogens with two attached hydrogens (primary N) is 1. The lowest BCUT2D eigenvalue weighted by molar-refractivity contribution is 0.432. The summed E-state index contributed by atoms with van der Waals surface area (Å²) in [5.74, 6) is 0.315. The summed E-state index contributed by atoms with van der Waals surface area (Å²) in [6.45, 7) is 1.95. The van der Waals surface area contributed by atoms with Gasteiger partial charge >= 0.3 is 0 Å². The largest absolute Gasteiger partial charge is 0.398 e. The molecule has 0 aliphatic rings. The summed E-state index contributed by atoms with van der Waals surface area (Å²) in [6.07, 6.45) is 0. The molecule has 3 rings (SSSR count). The van der Waals surface area contributed by atoms with Crippen LogP contribution in [0.15, 0.2) is 47.0 Å². The Morgan fingerprint density at radius 3 is 2.80 bits per heavy atom. The molecular weight excluding hydrogens is 257 g/mol. The Morgan fingerprint density at radius 1 is 1.15 bits per heavy atom. The second-order valence-electron chi connectivity index (χ2n) is 4.52. The molecule has 1 heterocycles. The van der Waals surface area contributed by atoms with E-state index in [1.165, 1.54) is 12.1 Å². The normalized spacial score (nSPS) is 10.7. The van der Waals surface area contributed by atoms with E-state index in [9.17, 15) is 4.39 Å². The summed E-state index contributed by atoms with van der Waals surface area (Å²) in [7, 11) is 0.